The highest BCUT2D eigenvalue weighted by atomic mass is 16.5. The number of nitrogens with two attached hydrogens (primary N) is 1. The Morgan fingerprint density at radius 1 is 1.00 bits per heavy atom. The summed E-state index contributed by atoms with van der Waals surface area (Å²) in [7, 11) is 0. The maximum absolute atomic E-state index is 12.3. The van der Waals surface area contributed by atoms with Gasteiger partial charge in [-0.2, -0.15) is 0 Å². The fourth-order valence-corrected chi connectivity index (χ4v) is 1.95. The molecule has 0 bridgehead atoms. The molecule has 4 N–H and O–H groups in total. The van der Waals surface area contributed by atoms with Crippen molar-refractivity contribution in [1.29, 1.82) is 0 Å². The van der Waals surface area contributed by atoms with E-state index in [4.69, 9.17) is 10.5 Å². The van der Waals surface area contributed by atoms with E-state index < -0.39 is 24.0 Å². The van der Waals surface area contributed by atoms with Crippen molar-refractivity contribution in [3.8, 4) is 0 Å². The van der Waals surface area contributed by atoms with Crippen LogP contribution in [0.2, 0.25) is 0 Å². The summed E-state index contributed by atoms with van der Waals surface area (Å²) in [6.07, 6.45) is -1.16. The summed E-state index contributed by atoms with van der Waals surface area (Å²) in [5, 5.41) is 4.97. The van der Waals surface area contributed by atoms with Gasteiger partial charge in [0.2, 0.25) is 0 Å². The molecule has 0 aromatic heterocycles. The minimum Gasteiger partial charge on any atom is -0.449 e. The van der Waals surface area contributed by atoms with E-state index in [0.717, 1.165) is 5.69 Å². The Balaban J connectivity index is 2.12. The van der Waals surface area contributed by atoms with Gasteiger partial charge in [-0.3, -0.25) is 10.1 Å². The Hall–Kier alpha value is -3.35. The molecule has 2 aromatic carbocycles. The van der Waals surface area contributed by atoms with Gasteiger partial charge in [0.25, 0.3) is 5.91 Å². The van der Waals surface area contributed by atoms with E-state index in [1.807, 2.05) is 35.6 Å². The van der Waals surface area contributed by atoms with E-state index >= 15 is 0 Å². The second-order valence-electron chi connectivity index (χ2n) is 4.94. The number of primary amides is 1. The minimum absolute atomic E-state index is 0.264. The fourth-order valence-electron chi connectivity index (χ4n) is 1.95. The Morgan fingerprint density at radius 2 is 1.62 bits per heavy atom. The molecule has 3 amide bonds. The third kappa shape index (κ3) is 4.57. The number of hydrogen-bond acceptors (Lipinski definition) is 5. The quantitative estimate of drug-likeness (QED) is 0.729. The summed E-state index contributed by atoms with van der Waals surface area (Å²) in [6, 6.07) is 15.0. The topological polar surface area (TPSA) is 111 Å². The normalized spacial score (nSPS) is 11.2. The van der Waals surface area contributed by atoms with Crippen LogP contribution in [0.25, 0.3) is 0 Å². The molecule has 0 radical (unpaired) electrons. The predicted molar refractivity (Wildman–Crippen MR) is 88.8 cm³/mol. The first-order valence-electron chi connectivity index (χ1n) is 7.19. The molecule has 0 aliphatic rings. The number of nitrogens with one attached hydrogen (secondary N) is 2. The Labute approximate surface area is 138 Å². The van der Waals surface area contributed by atoms with E-state index in [0.29, 0.717) is 5.69 Å². The van der Waals surface area contributed by atoms with Crippen molar-refractivity contribution < 1.29 is 19.1 Å². The van der Waals surface area contributed by atoms with Gasteiger partial charge >= 0.3 is 12.0 Å². The number of hydrogen-bond donors (Lipinski definition) is 3. The van der Waals surface area contributed by atoms with Crippen molar-refractivity contribution in [3.05, 3.63) is 60.2 Å². The number of esters is 1. The lowest BCUT2D eigenvalue weighted by atomic mass is 10.1. The number of rotatable bonds is 5. The summed E-state index contributed by atoms with van der Waals surface area (Å²) in [5.41, 5.74) is 6.47. The van der Waals surface area contributed by atoms with Crippen LogP contribution >= 0.6 is 0 Å². The first-order chi connectivity index (χ1) is 11.5. The zero-order chi connectivity index (χ0) is 17.5. The van der Waals surface area contributed by atoms with Gasteiger partial charge in [-0.25, -0.2) is 9.59 Å². The van der Waals surface area contributed by atoms with E-state index in [2.05, 4.69) is 5.32 Å². The van der Waals surface area contributed by atoms with E-state index in [-0.39, 0.29) is 5.56 Å². The summed E-state index contributed by atoms with van der Waals surface area (Å²) in [6.45, 7) is 1.35. The molecule has 7 heteroatoms. The minimum atomic E-state index is -1.16. The van der Waals surface area contributed by atoms with Crippen LogP contribution in [0.4, 0.5) is 16.2 Å². The summed E-state index contributed by atoms with van der Waals surface area (Å²) in [4.78, 5) is 34.6. The number of carbonyl (C=O) groups excluding carboxylic acids is 3. The number of carbonyl (C=O) groups is 3. The summed E-state index contributed by atoms with van der Waals surface area (Å²) >= 11 is 0. The number of imide groups is 1. The van der Waals surface area contributed by atoms with Crippen LogP contribution in [0, 0.1) is 0 Å². The van der Waals surface area contributed by atoms with Gasteiger partial charge in [-0.15, -0.1) is 0 Å². The predicted octanol–water partition coefficient (Wildman–Crippen LogP) is 2.17. The van der Waals surface area contributed by atoms with Crippen molar-refractivity contribution in [2.75, 3.05) is 5.32 Å². The molecule has 0 unspecified atom stereocenters. The van der Waals surface area contributed by atoms with Crippen LogP contribution in [0.3, 0.4) is 0 Å². The number of urea groups is 1. The third-order valence-corrected chi connectivity index (χ3v) is 3.10. The van der Waals surface area contributed by atoms with Gasteiger partial charge in [0.15, 0.2) is 6.10 Å². The lowest BCUT2D eigenvalue weighted by Crippen LogP contribution is -2.42. The molecule has 7 nitrogen and oxygen atoms in total. The SMILES string of the molecule is C[C@@H](OC(=O)c1ccccc1Nc1ccccc1)C(=O)NC(N)=O. The summed E-state index contributed by atoms with van der Waals surface area (Å²) in [5.74, 6) is -1.48. The van der Waals surface area contributed by atoms with Crippen LogP contribution in [-0.4, -0.2) is 24.0 Å². The number of anilines is 2. The molecule has 0 aliphatic heterocycles. The average Bonchev–Trinajstić information content (AvgIpc) is 2.55. The van der Waals surface area contributed by atoms with Gasteiger partial charge in [0.05, 0.1) is 11.3 Å². The molecule has 124 valence electrons. The molecule has 0 aliphatic carbocycles. The van der Waals surface area contributed by atoms with Gasteiger partial charge in [0, 0.05) is 5.69 Å². The molecule has 2 rings (SSSR count). The van der Waals surface area contributed by atoms with E-state index in [1.54, 1.807) is 24.3 Å². The second-order valence-corrected chi connectivity index (χ2v) is 4.94. The van der Waals surface area contributed by atoms with E-state index in [9.17, 15) is 14.4 Å². The average molecular weight is 327 g/mol. The Morgan fingerprint density at radius 3 is 2.29 bits per heavy atom. The monoisotopic (exact) mass is 327 g/mol. The smallest absolute Gasteiger partial charge is 0.341 e. The van der Waals surface area contributed by atoms with Gasteiger partial charge in [0.1, 0.15) is 0 Å². The molecular formula is C17H17N3O4. The van der Waals surface area contributed by atoms with Gasteiger partial charge in [-0.1, -0.05) is 30.3 Å². The number of benzene rings is 2. The highest BCUT2D eigenvalue weighted by molar-refractivity contribution is 6.00. The molecule has 0 fully saturated rings. The lowest BCUT2D eigenvalue weighted by molar-refractivity contribution is -0.127. The fraction of sp³-hybridized carbons (Fsp3) is 0.118. The molecule has 24 heavy (non-hydrogen) atoms. The molecule has 0 saturated heterocycles. The van der Waals surface area contributed by atoms with Crippen LogP contribution < -0.4 is 16.4 Å². The van der Waals surface area contributed by atoms with E-state index in [1.165, 1.54) is 6.92 Å². The number of ether oxygens (including phenoxy) is 1. The zero-order valence-corrected chi connectivity index (χ0v) is 13.0. The van der Waals surface area contributed by atoms with Gasteiger partial charge < -0.3 is 15.8 Å². The van der Waals surface area contributed by atoms with Gasteiger partial charge in [-0.05, 0) is 31.2 Å². The molecule has 0 saturated carbocycles. The molecular weight excluding hydrogens is 310 g/mol. The number of amides is 3. The highest BCUT2D eigenvalue weighted by Crippen LogP contribution is 2.21. The number of para-hydroxylation sites is 2. The zero-order valence-electron chi connectivity index (χ0n) is 13.0. The van der Waals surface area contributed by atoms with Crippen molar-refractivity contribution in [1.82, 2.24) is 5.32 Å². The van der Waals surface area contributed by atoms with Crippen molar-refractivity contribution in [2.45, 2.75) is 13.0 Å². The third-order valence-electron chi connectivity index (χ3n) is 3.10. The standard InChI is InChI=1S/C17H17N3O4/c1-11(15(21)20-17(18)23)24-16(22)13-9-5-6-10-14(13)19-12-7-3-2-4-8-12/h2-11,19H,1H3,(H3,18,20,21,23)/t11-/m1/s1. The maximum Gasteiger partial charge on any atom is 0.341 e. The van der Waals surface area contributed by atoms with Crippen LogP contribution in [0.5, 0.6) is 0 Å². The summed E-state index contributed by atoms with van der Waals surface area (Å²) < 4.78 is 5.08. The van der Waals surface area contributed by atoms with Crippen molar-refractivity contribution in [3.63, 3.8) is 0 Å². The first kappa shape index (κ1) is 17.0. The lowest BCUT2D eigenvalue weighted by Gasteiger charge is -2.15. The maximum atomic E-state index is 12.3. The first-order valence-corrected chi connectivity index (χ1v) is 7.19. The molecule has 0 heterocycles. The van der Waals surface area contributed by atoms with Crippen molar-refractivity contribution in [2.24, 2.45) is 5.73 Å². The van der Waals surface area contributed by atoms with Crippen LogP contribution in [0.15, 0.2) is 54.6 Å². The largest absolute Gasteiger partial charge is 0.449 e. The Kier molecular flexibility index (Phi) is 5.51. The van der Waals surface area contributed by atoms with Crippen LogP contribution in [-0.2, 0) is 9.53 Å². The van der Waals surface area contributed by atoms with Crippen molar-refractivity contribution >= 4 is 29.3 Å². The molecule has 1 atom stereocenters. The molecule has 2 aromatic rings. The highest BCUT2D eigenvalue weighted by Gasteiger charge is 2.21. The second kappa shape index (κ2) is 7.77. The molecule has 0 spiro atoms. The Bertz CT molecular complexity index is 747. The van der Waals surface area contributed by atoms with Crippen LogP contribution in [0.1, 0.15) is 17.3 Å².